The van der Waals surface area contributed by atoms with Crippen LogP contribution in [0.25, 0.3) is 5.57 Å². The minimum absolute atomic E-state index is 0.0323. The van der Waals surface area contributed by atoms with E-state index >= 15 is 0 Å². The zero-order valence-electron chi connectivity index (χ0n) is 13.3. The van der Waals surface area contributed by atoms with Gasteiger partial charge in [0.05, 0.1) is 0 Å². The topological polar surface area (TPSA) is 40.5 Å². The number of hydrogen-bond donors (Lipinski definition) is 1. The van der Waals surface area contributed by atoms with Gasteiger partial charge < -0.3 is 10.0 Å². The van der Waals surface area contributed by atoms with Crippen molar-refractivity contribution in [3.63, 3.8) is 0 Å². The van der Waals surface area contributed by atoms with Crippen molar-refractivity contribution in [1.82, 2.24) is 4.90 Å². The molecule has 0 saturated heterocycles. The highest BCUT2D eigenvalue weighted by Gasteiger charge is 2.25. The number of carbonyl (C=O) groups excluding carboxylic acids is 1. The van der Waals surface area contributed by atoms with Crippen molar-refractivity contribution >= 4 is 23.1 Å². The molecule has 1 amide bonds. The first-order valence-corrected chi connectivity index (χ1v) is 8.21. The molecule has 1 aromatic carbocycles. The Morgan fingerprint density at radius 3 is 2.64 bits per heavy atom. The minimum atomic E-state index is 0.0323. The molecule has 1 aromatic rings. The van der Waals surface area contributed by atoms with Gasteiger partial charge in [-0.3, -0.25) is 4.79 Å². The maximum Gasteiger partial charge on any atom is 0.246 e. The Morgan fingerprint density at radius 1 is 1.36 bits per heavy atom. The largest absolute Gasteiger partial charge is 0.396 e. The summed E-state index contributed by atoms with van der Waals surface area (Å²) in [4.78, 5) is 14.3. The number of likely N-dealkylation sites (N-methyl/N-ethyl adjacent to an activating group) is 1. The molecule has 1 saturated carbocycles. The van der Waals surface area contributed by atoms with Gasteiger partial charge in [-0.15, -0.1) is 0 Å². The van der Waals surface area contributed by atoms with Gasteiger partial charge in [0.15, 0.2) is 0 Å². The summed E-state index contributed by atoms with van der Waals surface area (Å²) < 4.78 is 0. The van der Waals surface area contributed by atoms with Gasteiger partial charge in [0.2, 0.25) is 5.91 Å². The van der Waals surface area contributed by atoms with Crippen molar-refractivity contribution in [1.29, 1.82) is 0 Å². The molecule has 1 aliphatic rings. The molecular weight excluding hydrogens is 298 g/mol. The van der Waals surface area contributed by atoms with Crippen LogP contribution in [0.15, 0.2) is 30.3 Å². The normalized spacial score (nSPS) is 22.5. The Kier molecular flexibility index (Phi) is 6.04. The third-order valence-electron chi connectivity index (χ3n) is 4.59. The molecule has 0 aliphatic heterocycles. The van der Waals surface area contributed by atoms with Crippen molar-refractivity contribution in [3.05, 3.63) is 40.9 Å². The molecule has 2 rings (SSSR count). The van der Waals surface area contributed by atoms with Gasteiger partial charge in [-0.2, -0.15) is 0 Å². The standard InChI is InChI=1S/C18H24ClNO2/c1-13(15-4-3-5-16(19)11-15)10-18(22)20(2)17-8-6-14(12-21)7-9-17/h3-5,10-11,14,17,21H,6-9,12H2,1-2H3/b13-10-. The van der Waals surface area contributed by atoms with E-state index in [1.165, 1.54) is 0 Å². The van der Waals surface area contributed by atoms with E-state index in [1.54, 1.807) is 6.08 Å². The van der Waals surface area contributed by atoms with Crippen LogP contribution < -0.4 is 0 Å². The molecule has 0 heterocycles. The molecule has 0 aromatic heterocycles. The van der Waals surface area contributed by atoms with E-state index in [1.807, 2.05) is 43.1 Å². The first kappa shape index (κ1) is 17.0. The van der Waals surface area contributed by atoms with Crippen LogP contribution >= 0.6 is 11.6 Å². The summed E-state index contributed by atoms with van der Waals surface area (Å²) in [6, 6.07) is 7.81. The van der Waals surface area contributed by atoms with Crippen LogP contribution in [0, 0.1) is 5.92 Å². The summed E-state index contributed by atoms with van der Waals surface area (Å²) in [5.41, 5.74) is 1.89. The molecule has 0 atom stereocenters. The number of hydrogen-bond acceptors (Lipinski definition) is 2. The van der Waals surface area contributed by atoms with Crippen molar-refractivity contribution in [3.8, 4) is 0 Å². The lowest BCUT2D eigenvalue weighted by Gasteiger charge is -2.33. The van der Waals surface area contributed by atoms with Crippen LogP contribution in [0.2, 0.25) is 5.02 Å². The van der Waals surface area contributed by atoms with E-state index in [2.05, 4.69) is 0 Å². The zero-order chi connectivity index (χ0) is 16.1. The monoisotopic (exact) mass is 321 g/mol. The van der Waals surface area contributed by atoms with E-state index in [0.717, 1.165) is 36.8 Å². The Morgan fingerprint density at radius 2 is 2.05 bits per heavy atom. The fourth-order valence-corrected chi connectivity index (χ4v) is 3.19. The molecule has 0 bridgehead atoms. The summed E-state index contributed by atoms with van der Waals surface area (Å²) in [5, 5.41) is 9.87. The van der Waals surface area contributed by atoms with Crippen molar-refractivity contribution in [2.75, 3.05) is 13.7 Å². The van der Waals surface area contributed by atoms with Crippen molar-refractivity contribution in [2.24, 2.45) is 5.92 Å². The second-order valence-corrected chi connectivity index (χ2v) is 6.58. The third-order valence-corrected chi connectivity index (χ3v) is 4.82. The Balaban J connectivity index is 2.00. The summed E-state index contributed by atoms with van der Waals surface area (Å²) >= 11 is 5.99. The molecule has 120 valence electrons. The van der Waals surface area contributed by atoms with Crippen LogP contribution in [-0.2, 0) is 4.79 Å². The predicted octanol–water partition coefficient (Wildman–Crippen LogP) is 3.75. The van der Waals surface area contributed by atoms with Crippen LogP contribution in [-0.4, -0.2) is 35.6 Å². The molecule has 4 heteroatoms. The maximum absolute atomic E-state index is 12.4. The molecule has 22 heavy (non-hydrogen) atoms. The minimum Gasteiger partial charge on any atom is -0.396 e. The third kappa shape index (κ3) is 4.34. The summed E-state index contributed by atoms with van der Waals surface area (Å²) in [5.74, 6) is 0.438. The average Bonchev–Trinajstić information content (AvgIpc) is 2.54. The lowest BCUT2D eigenvalue weighted by molar-refractivity contribution is -0.127. The number of benzene rings is 1. The lowest BCUT2D eigenvalue weighted by atomic mass is 9.86. The van der Waals surface area contributed by atoms with Gasteiger partial charge in [-0.05, 0) is 61.8 Å². The zero-order valence-corrected chi connectivity index (χ0v) is 14.0. The van der Waals surface area contributed by atoms with Gasteiger partial charge in [0, 0.05) is 30.8 Å². The van der Waals surface area contributed by atoms with Gasteiger partial charge >= 0.3 is 0 Å². The van der Waals surface area contributed by atoms with E-state index in [4.69, 9.17) is 11.6 Å². The van der Waals surface area contributed by atoms with Gasteiger partial charge in [0.1, 0.15) is 0 Å². The Hall–Kier alpha value is -1.32. The number of halogens is 1. The number of carbonyl (C=O) groups is 1. The number of amides is 1. The average molecular weight is 322 g/mol. The van der Waals surface area contributed by atoms with Crippen molar-refractivity contribution in [2.45, 2.75) is 38.6 Å². The predicted molar refractivity (Wildman–Crippen MR) is 90.7 cm³/mol. The molecule has 1 aliphatic carbocycles. The number of aliphatic hydroxyl groups is 1. The molecule has 0 spiro atoms. The molecule has 3 nitrogen and oxygen atoms in total. The first-order valence-electron chi connectivity index (χ1n) is 7.83. The first-order chi connectivity index (χ1) is 10.5. The quantitative estimate of drug-likeness (QED) is 0.858. The van der Waals surface area contributed by atoms with Crippen molar-refractivity contribution < 1.29 is 9.90 Å². The molecule has 0 unspecified atom stereocenters. The van der Waals surface area contributed by atoms with Crippen LogP contribution in [0.5, 0.6) is 0 Å². The Labute approximate surface area is 137 Å². The van der Waals surface area contributed by atoms with Gasteiger partial charge in [-0.1, -0.05) is 23.7 Å². The van der Waals surface area contributed by atoms with E-state index < -0.39 is 0 Å². The molecule has 1 fully saturated rings. The molecule has 1 N–H and O–H groups in total. The highest BCUT2D eigenvalue weighted by Crippen LogP contribution is 2.27. The highest BCUT2D eigenvalue weighted by molar-refractivity contribution is 6.30. The fraction of sp³-hybridized carbons (Fsp3) is 0.500. The van der Waals surface area contributed by atoms with Gasteiger partial charge in [0.25, 0.3) is 0 Å². The number of allylic oxidation sites excluding steroid dienone is 1. The number of rotatable bonds is 4. The molecule has 0 radical (unpaired) electrons. The lowest BCUT2D eigenvalue weighted by Crippen LogP contribution is -2.39. The summed E-state index contributed by atoms with van der Waals surface area (Å²) in [6.07, 6.45) is 5.62. The maximum atomic E-state index is 12.4. The van der Waals surface area contributed by atoms with E-state index in [-0.39, 0.29) is 18.6 Å². The van der Waals surface area contributed by atoms with E-state index in [9.17, 15) is 9.90 Å². The summed E-state index contributed by atoms with van der Waals surface area (Å²) in [6.45, 7) is 2.19. The van der Waals surface area contributed by atoms with Crippen LogP contribution in [0.4, 0.5) is 0 Å². The number of nitrogens with zero attached hydrogens (tertiary/aromatic N) is 1. The fourth-order valence-electron chi connectivity index (χ4n) is 3.00. The molecular formula is C18H24ClNO2. The smallest absolute Gasteiger partial charge is 0.246 e. The second-order valence-electron chi connectivity index (χ2n) is 6.14. The van der Waals surface area contributed by atoms with Crippen LogP contribution in [0.1, 0.15) is 38.2 Å². The number of aliphatic hydroxyl groups excluding tert-OH is 1. The highest BCUT2D eigenvalue weighted by atomic mass is 35.5. The van der Waals surface area contributed by atoms with Gasteiger partial charge in [-0.25, -0.2) is 0 Å². The van der Waals surface area contributed by atoms with Crippen LogP contribution in [0.3, 0.4) is 0 Å². The summed E-state index contributed by atoms with van der Waals surface area (Å²) in [7, 11) is 1.87. The SMILES string of the molecule is C/C(=C/C(=O)N(C)C1CCC(CO)CC1)c1cccc(Cl)c1. The van der Waals surface area contributed by atoms with E-state index in [0.29, 0.717) is 10.9 Å². The Bertz CT molecular complexity index is 548. The second kappa shape index (κ2) is 7.80.